The molecule has 3 heteroatoms. The number of imidazole rings is 1. The molecule has 3 nitrogen and oxygen atoms in total. The summed E-state index contributed by atoms with van der Waals surface area (Å²) in [6, 6.07) is 6.33. The summed E-state index contributed by atoms with van der Waals surface area (Å²) < 4.78 is 2.21. The smallest absolute Gasteiger partial charge is 0.136 e. The van der Waals surface area contributed by atoms with Gasteiger partial charge < -0.3 is 9.51 Å². The number of hydrogen-bond donors (Lipinski definition) is 1. The van der Waals surface area contributed by atoms with Gasteiger partial charge in [0.25, 0.3) is 0 Å². The lowest BCUT2D eigenvalue weighted by atomic mass is 9.49. The Hall–Kier alpha value is -1.35. The summed E-state index contributed by atoms with van der Waals surface area (Å²) >= 11 is 0. The van der Waals surface area contributed by atoms with E-state index in [9.17, 15) is 5.11 Å². The van der Waals surface area contributed by atoms with Gasteiger partial charge >= 0.3 is 0 Å². The first-order valence-corrected chi connectivity index (χ1v) is 12.1. The van der Waals surface area contributed by atoms with Crippen LogP contribution in [0.1, 0.15) is 83.2 Å². The second-order valence-electron chi connectivity index (χ2n) is 11.5. The van der Waals surface area contributed by atoms with Crippen LogP contribution in [0.25, 0.3) is 5.65 Å². The Kier molecular flexibility index (Phi) is 4.02. The van der Waals surface area contributed by atoms with Gasteiger partial charge in [0, 0.05) is 18.3 Å². The maximum Gasteiger partial charge on any atom is 0.136 e. The third-order valence-corrected chi connectivity index (χ3v) is 9.98. The number of nitrogens with zero attached hydrogens (tertiary/aromatic N) is 2. The predicted octanol–water partition coefficient (Wildman–Crippen LogP) is 5.82. The molecule has 0 unspecified atom stereocenters. The highest BCUT2D eigenvalue weighted by molar-refractivity contribution is 5.40. The summed E-state index contributed by atoms with van der Waals surface area (Å²) in [5.41, 5.74) is 2.45. The SMILES string of the molecule is C[C@@]1(O)CC[C@H]2[C@H](CC[C@@H]3[C@@H]2CC[C@]2(C)[C@@H](c4cn5ccccc5n4)CC[C@@H]32)C1. The van der Waals surface area contributed by atoms with Gasteiger partial charge in [-0.25, -0.2) is 4.98 Å². The van der Waals surface area contributed by atoms with Crippen LogP contribution in [-0.2, 0) is 0 Å². The van der Waals surface area contributed by atoms with Crippen molar-refractivity contribution in [3.8, 4) is 0 Å². The maximum atomic E-state index is 10.6. The molecule has 0 spiro atoms. The first-order valence-electron chi connectivity index (χ1n) is 12.1. The van der Waals surface area contributed by atoms with Crippen LogP contribution >= 0.6 is 0 Å². The van der Waals surface area contributed by atoms with Crippen molar-refractivity contribution in [1.82, 2.24) is 9.38 Å². The van der Waals surface area contributed by atoms with E-state index in [0.717, 1.165) is 48.1 Å². The van der Waals surface area contributed by atoms with Gasteiger partial charge in [0.05, 0.1) is 11.3 Å². The molecular formula is C26H36N2O. The molecule has 8 atom stereocenters. The fraction of sp³-hybridized carbons (Fsp3) is 0.731. The maximum absolute atomic E-state index is 10.6. The Morgan fingerprint density at radius 2 is 1.83 bits per heavy atom. The minimum Gasteiger partial charge on any atom is -0.390 e. The molecule has 0 aliphatic heterocycles. The number of aliphatic hydroxyl groups is 1. The van der Waals surface area contributed by atoms with Crippen LogP contribution in [0.4, 0.5) is 0 Å². The number of aromatic nitrogens is 2. The molecule has 156 valence electrons. The monoisotopic (exact) mass is 392 g/mol. The van der Waals surface area contributed by atoms with Crippen LogP contribution in [0.5, 0.6) is 0 Å². The molecule has 2 heterocycles. The topological polar surface area (TPSA) is 37.5 Å². The second kappa shape index (κ2) is 6.33. The Morgan fingerprint density at radius 3 is 2.69 bits per heavy atom. The van der Waals surface area contributed by atoms with E-state index < -0.39 is 5.60 Å². The molecule has 6 rings (SSSR count). The second-order valence-corrected chi connectivity index (χ2v) is 11.5. The molecule has 0 aromatic carbocycles. The van der Waals surface area contributed by atoms with E-state index in [4.69, 9.17) is 4.98 Å². The Balaban J connectivity index is 1.27. The minimum atomic E-state index is -0.404. The number of hydrogen-bond acceptors (Lipinski definition) is 2. The average molecular weight is 393 g/mol. The minimum absolute atomic E-state index is 0.404. The molecule has 4 aliphatic rings. The summed E-state index contributed by atoms with van der Waals surface area (Å²) in [7, 11) is 0. The third-order valence-electron chi connectivity index (χ3n) is 9.98. The quantitative estimate of drug-likeness (QED) is 0.664. The Bertz CT molecular complexity index is 883. The summed E-state index contributed by atoms with van der Waals surface area (Å²) in [5.74, 6) is 4.99. The molecule has 2 aromatic heterocycles. The van der Waals surface area contributed by atoms with E-state index in [-0.39, 0.29) is 0 Å². The molecule has 0 saturated heterocycles. The molecule has 4 aliphatic carbocycles. The van der Waals surface area contributed by atoms with Gasteiger partial charge in [-0.1, -0.05) is 13.0 Å². The standard InChI is InChI=1S/C26H36N2O/c1-25(29)12-10-18-17(15-25)6-7-20-19(18)11-13-26(2)21(20)8-9-22(26)23-16-28-14-4-3-5-24(28)27-23/h3-5,14,16-22,29H,6-13,15H2,1-2H3/t17-,18+,19-,20-,21+,22-,25-,26+/m1/s1. The molecular weight excluding hydrogens is 356 g/mol. The van der Waals surface area contributed by atoms with Crippen LogP contribution in [0.2, 0.25) is 0 Å². The third kappa shape index (κ3) is 2.76. The van der Waals surface area contributed by atoms with Crippen LogP contribution in [-0.4, -0.2) is 20.1 Å². The molecule has 29 heavy (non-hydrogen) atoms. The van der Waals surface area contributed by atoms with Crippen molar-refractivity contribution in [3.05, 3.63) is 36.3 Å². The summed E-state index contributed by atoms with van der Waals surface area (Å²) in [4.78, 5) is 5.05. The predicted molar refractivity (Wildman–Crippen MR) is 116 cm³/mol. The van der Waals surface area contributed by atoms with Crippen molar-refractivity contribution in [2.75, 3.05) is 0 Å². The molecule has 4 fully saturated rings. The van der Waals surface area contributed by atoms with E-state index >= 15 is 0 Å². The van der Waals surface area contributed by atoms with E-state index in [2.05, 4.69) is 48.8 Å². The fourth-order valence-corrected chi connectivity index (χ4v) is 8.69. The van der Waals surface area contributed by atoms with Gasteiger partial charge in [-0.3, -0.25) is 0 Å². The Labute approximate surface area is 174 Å². The molecule has 0 bridgehead atoms. The highest BCUT2D eigenvalue weighted by Gasteiger charge is 2.58. The van der Waals surface area contributed by atoms with Crippen molar-refractivity contribution in [1.29, 1.82) is 0 Å². The largest absolute Gasteiger partial charge is 0.390 e. The molecule has 1 N–H and O–H groups in total. The van der Waals surface area contributed by atoms with E-state index in [1.165, 1.54) is 50.6 Å². The average Bonchev–Trinajstić information content (AvgIpc) is 3.27. The lowest BCUT2D eigenvalue weighted by Crippen LogP contribution is -2.50. The highest BCUT2D eigenvalue weighted by Crippen LogP contribution is 2.66. The first kappa shape index (κ1) is 18.4. The van der Waals surface area contributed by atoms with Crippen molar-refractivity contribution < 1.29 is 5.11 Å². The summed E-state index contributed by atoms with van der Waals surface area (Å²) in [6.45, 7) is 4.68. The van der Waals surface area contributed by atoms with E-state index in [0.29, 0.717) is 11.3 Å². The van der Waals surface area contributed by atoms with Gasteiger partial charge in [0.15, 0.2) is 0 Å². The van der Waals surface area contributed by atoms with Crippen molar-refractivity contribution in [2.24, 2.45) is 35.0 Å². The van der Waals surface area contributed by atoms with Gasteiger partial charge in [0.1, 0.15) is 5.65 Å². The first-order chi connectivity index (χ1) is 13.9. The fourth-order valence-electron chi connectivity index (χ4n) is 8.69. The van der Waals surface area contributed by atoms with Crippen molar-refractivity contribution in [2.45, 2.75) is 83.2 Å². The summed E-state index contributed by atoms with van der Waals surface area (Å²) in [6.07, 6.45) is 16.0. The van der Waals surface area contributed by atoms with Crippen molar-refractivity contribution >= 4 is 5.65 Å². The van der Waals surface area contributed by atoms with Gasteiger partial charge in [-0.05, 0) is 112 Å². The number of fused-ring (bicyclic) bond motifs is 6. The molecule has 2 aromatic rings. The zero-order chi connectivity index (χ0) is 19.8. The van der Waals surface area contributed by atoms with Crippen LogP contribution in [0.15, 0.2) is 30.6 Å². The number of pyridine rings is 1. The van der Waals surface area contributed by atoms with Crippen molar-refractivity contribution in [3.63, 3.8) is 0 Å². The normalized spacial score (nSPS) is 46.9. The van der Waals surface area contributed by atoms with Gasteiger partial charge in [0.2, 0.25) is 0 Å². The highest BCUT2D eigenvalue weighted by atomic mass is 16.3. The van der Waals surface area contributed by atoms with E-state index in [1.54, 1.807) is 0 Å². The summed E-state index contributed by atoms with van der Waals surface area (Å²) in [5, 5.41) is 10.6. The van der Waals surface area contributed by atoms with Crippen LogP contribution in [0.3, 0.4) is 0 Å². The lowest BCUT2D eigenvalue weighted by Gasteiger charge is -2.57. The zero-order valence-electron chi connectivity index (χ0n) is 18.1. The molecule has 0 amide bonds. The Morgan fingerprint density at radius 1 is 0.966 bits per heavy atom. The molecule has 0 radical (unpaired) electrons. The lowest BCUT2D eigenvalue weighted by molar-refractivity contribution is -0.0959. The zero-order valence-corrected chi connectivity index (χ0v) is 18.1. The van der Waals surface area contributed by atoms with Crippen LogP contribution in [0, 0.1) is 35.0 Å². The number of rotatable bonds is 1. The van der Waals surface area contributed by atoms with Gasteiger partial charge in [-0.2, -0.15) is 0 Å². The van der Waals surface area contributed by atoms with Gasteiger partial charge in [-0.15, -0.1) is 0 Å². The molecule has 4 saturated carbocycles. The van der Waals surface area contributed by atoms with Crippen LogP contribution < -0.4 is 0 Å². The van der Waals surface area contributed by atoms with E-state index in [1.807, 2.05) is 0 Å².